The third-order valence-electron chi connectivity index (χ3n) is 3.03. The van der Waals surface area contributed by atoms with Gasteiger partial charge in [0, 0.05) is 0 Å². The van der Waals surface area contributed by atoms with Crippen molar-refractivity contribution in [3.8, 4) is 11.5 Å². The summed E-state index contributed by atoms with van der Waals surface area (Å²) >= 11 is 0. The Labute approximate surface area is 128 Å². The Morgan fingerprint density at radius 1 is 1.00 bits per heavy atom. The van der Waals surface area contributed by atoms with Gasteiger partial charge in [-0.1, -0.05) is 5.16 Å². The third-order valence-corrected chi connectivity index (χ3v) is 3.03. The number of oxime groups is 1. The lowest BCUT2D eigenvalue weighted by molar-refractivity contribution is 0.0734. The molecule has 0 saturated carbocycles. The zero-order valence-electron chi connectivity index (χ0n) is 12.4. The molecule has 5 nitrogen and oxygen atoms in total. The minimum Gasteiger partial charge on any atom is -0.494 e. The minimum atomic E-state index is -0.441. The molecule has 2 rings (SSSR count). The topological polar surface area (TPSA) is 68.1 Å². The van der Waals surface area contributed by atoms with Gasteiger partial charge in [0.05, 0.1) is 17.9 Å². The molecule has 2 aromatic rings. The van der Waals surface area contributed by atoms with Crippen LogP contribution >= 0.6 is 0 Å². The van der Waals surface area contributed by atoms with Crippen LogP contribution < -0.4 is 9.47 Å². The van der Waals surface area contributed by atoms with Crippen molar-refractivity contribution in [1.29, 1.82) is 0 Å². The first-order valence-corrected chi connectivity index (χ1v) is 6.88. The molecular weight excluding hydrogens is 282 g/mol. The number of carbonyl (C=O) groups is 1. The Bertz CT molecular complexity index is 660. The van der Waals surface area contributed by atoms with Crippen LogP contribution in [0, 0.1) is 0 Å². The molecule has 0 fully saturated rings. The van der Waals surface area contributed by atoms with Crippen LogP contribution in [0.4, 0.5) is 0 Å². The van der Waals surface area contributed by atoms with Gasteiger partial charge in [0.2, 0.25) is 0 Å². The Kier molecular flexibility index (Phi) is 5.14. The highest BCUT2D eigenvalue weighted by Gasteiger charge is 2.09. The second-order valence-electron chi connectivity index (χ2n) is 4.56. The van der Waals surface area contributed by atoms with Crippen LogP contribution in [0.3, 0.4) is 0 Å². The van der Waals surface area contributed by atoms with Crippen molar-refractivity contribution in [2.45, 2.75) is 13.8 Å². The molecule has 5 heteroatoms. The lowest BCUT2D eigenvalue weighted by atomic mass is 10.1. The maximum Gasteiger partial charge on any atom is 0.343 e. The fourth-order valence-corrected chi connectivity index (χ4v) is 1.84. The second kappa shape index (κ2) is 7.26. The van der Waals surface area contributed by atoms with Crippen LogP contribution in [-0.4, -0.2) is 23.5 Å². The van der Waals surface area contributed by atoms with Gasteiger partial charge in [0.25, 0.3) is 0 Å². The monoisotopic (exact) mass is 299 g/mol. The van der Waals surface area contributed by atoms with E-state index < -0.39 is 5.97 Å². The number of ether oxygens (including phenoxy) is 2. The van der Waals surface area contributed by atoms with Crippen molar-refractivity contribution in [3.05, 3.63) is 59.7 Å². The molecule has 0 radical (unpaired) electrons. The van der Waals surface area contributed by atoms with Crippen LogP contribution in [0.1, 0.15) is 29.8 Å². The van der Waals surface area contributed by atoms with Gasteiger partial charge in [-0.3, -0.25) is 0 Å². The van der Waals surface area contributed by atoms with E-state index in [-0.39, 0.29) is 0 Å². The van der Waals surface area contributed by atoms with Gasteiger partial charge in [-0.2, -0.15) is 0 Å². The van der Waals surface area contributed by atoms with Gasteiger partial charge in [-0.25, -0.2) is 4.79 Å². The Morgan fingerprint density at radius 2 is 1.55 bits per heavy atom. The first-order chi connectivity index (χ1) is 10.6. The fourth-order valence-electron chi connectivity index (χ4n) is 1.84. The highest BCUT2D eigenvalue weighted by atomic mass is 16.5. The number of hydrogen-bond donors (Lipinski definition) is 1. The fraction of sp³-hybridized carbons (Fsp3) is 0.176. The molecule has 0 heterocycles. The number of carbonyl (C=O) groups excluding carboxylic acids is 1. The molecular formula is C17H17NO4. The maximum absolute atomic E-state index is 12.0. The van der Waals surface area contributed by atoms with E-state index in [1.807, 2.05) is 6.92 Å². The Balaban J connectivity index is 2.05. The zero-order chi connectivity index (χ0) is 15.9. The lowest BCUT2D eigenvalue weighted by Gasteiger charge is -2.06. The Morgan fingerprint density at radius 3 is 2.09 bits per heavy atom. The third kappa shape index (κ3) is 3.85. The Hall–Kier alpha value is -2.82. The molecule has 0 saturated heterocycles. The summed E-state index contributed by atoms with van der Waals surface area (Å²) in [5.74, 6) is 0.693. The molecule has 0 atom stereocenters. The van der Waals surface area contributed by atoms with Crippen molar-refractivity contribution in [3.63, 3.8) is 0 Å². The predicted octanol–water partition coefficient (Wildman–Crippen LogP) is 3.50. The molecule has 0 aromatic heterocycles. The summed E-state index contributed by atoms with van der Waals surface area (Å²) in [4.78, 5) is 12.0. The molecule has 0 bridgehead atoms. The van der Waals surface area contributed by atoms with Crippen molar-refractivity contribution < 1.29 is 19.5 Å². The van der Waals surface area contributed by atoms with Crippen LogP contribution in [-0.2, 0) is 0 Å². The molecule has 22 heavy (non-hydrogen) atoms. The average molecular weight is 299 g/mol. The zero-order valence-corrected chi connectivity index (χ0v) is 12.4. The first-order valence-electron chi connectivity index (χ1n) is 6.88. The molecule has 0 amide bonds. The van der Waals surface area contributed by atoms with E-state index in [1.165, 1.54) is 0 Å². The number of esters is 1. The minimum absolute atomic E-state index is 0.424. The summed E-state index contributed by atoms with van der Waals surface area (Å²) in [5.41, 5.74) is 1.69. The number of hydrogen-bond acceptors (Lipinski definition) is 5. The van der Waals surface area contributed by atoms with E-state index in [9.17, 15) is 4.79 Å². The van der Waals surface area contributed by atoms with Crippen molar-refractivity contribution >= 4 is 11.7 Å². The van der Waals surface area contributed by atoms with Crippen LogP contribution in [0.15, 0.2) is 53.7 Å². The van der Waals surface area contributed by atoms with E-state index >= 15 is 0 Å². The van der Waals surface area contributed by atoms with Gasteiger partial charge in [0.15, 0.2) is 0 Å². The standard InChI is InChI=1S/C17H17NO4/c1-3-21-15-8-6-14(7-9-15)17(19)22-16-10-4-13(5-11-16)12(2)18-20/h4-11,20H,3H2,1-2H3/b18-12+. The van der Waals surface area contributed by atoms with E-state index in [0.717, 1.165) is 5.56 Å². The molecule has 0 aliphatic heterocycles. The van der Waals surface area contributed by atoms with Gasteiger partial charge >= 0.3 is 5.97 Å². The molecule has 114 valence electrons. The van der Waals surface area contributed by atoms with Crippen LogP contribution in [0.2, 0.25) is 0 Å². The molecule has 0 spiro atoms. The van der Waals surface area contributed by atoms with Crippen LogP contribution in [0.25, 0.3) is 0 Å². The summed E-state index contributed by atoms with van der Waals surface area (Å²) in [7, 11) is 0. The van der Waals surface area contributed by atoms with E-state index in [1.54, 1.807) is 55.5 Å². The quantitative estimate of drug-likeness (QED) is 0.302. The van der Waals surface area contributed by atoms with E-state index in [2.05, 4.69) is 5.16 Å². The van der Waals surface area contributed by atoms with E-state index in [0.29, 0.717) is 29.4 Å². The predicted molar refractivity (Wildman–Crippen MR) is 83.0 cm³/mol. The summed E-state index contributed by atoms with van der Waals surface area (Å²) in [6.45, 7) is 4.16. The smallest absolute Gasteiger partial charge is 0.343 e. The van der Waals surface area contributed by atoms with Gasteiger partial charge in [-0.15, -0.1) is 0 Å². The molecule has 1 N–H and O–H groups in total. The van der Waals surface area contributed by atoms with Crippen molar-refractivity contribution in [1.82, 2.24) is 0 Å². The van der Waals surface area contributed by atoms with E-state index in [4.69, 9.17) is 14.7 Å². The number of benzene rings is 2. The SMILES string of the molecule is CCOc1ccc(C(=O)Oc2ccc(/C(C)=N/O)cc2)cc1. The first kappa shape index (κ1) is 15.6. The average Bonchev–Trinajstić information content (AvgIpc) is 2.55. The lowest BCUT2D eigenvalue weighted by Crippen LogP contribution is -2.08. The number of rotatable bonds is 5. The molecule has 0 unspecified atom stereocenters. The molecule has 0 aliphatic rings. The second-order valence-corrected chi connectivity index (χ2v) is 4.56. The molecule has 0 aliphatic carbocycles. The van der Waals surface area contributed by atoms with Crippen molar-refractivity contribution in [2.24, 2.45) is 5.16 Å². The summed E-state index contributed by atoms with van der Waals surface area (Å²) in [5, 5.41) is 11.8. The number of nitrogens with zero attached hydrogens (tertiary/aromatic N) is 1. The van der Waals surface area contributed by atoms with Crippen LogP contribution in [0.5, 0.6) is 11.5 Å². The summed E-state index contributed by atoms with van der Waals surface area (Å²) in [6, 6.07) is 13.5. The van der Waals surface area contributed by atoms with Crippen molar-refractivity contribution in [2.75, 3.05) is 6.61 Å². The highest BCUT2D eigenvalue weighted by Crippen LogP contribution is 2.17. The van der Waals surface area contributed by atoms with Gasteiger partial charge < -0.3 is 14.7 Å². The highest BCUT2D eigenvalue weighted by molar-refractivity contribution is 5.98. The van der Waals surface area contributed by atoms with Gasteiger partial charge in [0.1, 0.15) is 11.5 Å². The molecule has 2 aromatic carbocycles. The summed E-state index contributed by atoms with van der Waals surface area (Å²) in [6.07, 6.45) is 0. The summed E-state index contributed by atoms with van der Waals surface area (Å²) < 4.78 is 10.6. The van der Waals surface area contributed by atoms with Gasteiger partial charge in [-0.05, 0) is 67.9 Å². The largest absolute Gasteiger partial charge is 0.494 e. The maximum atomic E-state index is 12.0. The normalized spacial score (nSPS) is 11.1.